The number of rotatable bonds is 6. The van der Waals surface area contributed by atoms with Crippen LogP contribution in [0.15, 0.2) is 12.7 Å². The molecule has 0 radical (unpaired) electrons. The van der Waals surface area contributed by atoms with Gasteiger partial charge in [-0.2, -0.15) is 5.10 Å². The molecule has 1 aromatic heterocycles. The number of halogens is 1. The number of aryl methyl sites for hydroxylation is 2. The van der Waals surface area contributed by atoms with Crippen molar-refractivity contribution in [2.45, 2.75) is 39.2 Å². The highest BCUT2D eigenvalue weighted by Crippen LogP contribution is 2.30. The SMILES string of the molecule is C=CC(C)(CNC1CC1)Cc1c(Cl)c(C)nn1C. The fourth-order valence-corrected chi connectivity index (χ4v) is 2.35. The third kappa shape index (κ3) is 2.96. The minimum absolute atomic E-state index is 0.0203. The van der Waals surface area contributed by atoms with E-state index in [4.69, 9.17) is 11.6 Å². The number of nitrogens with zero attached hydrogens (tertiary/aromatic N) is 2. The van der Waals surface area contributed by atoms with Gasteiger partial charge in [-0.3, -0.25) is 4.68 Å². The topological polar surface area (TPSA) is 29.9 Å². The summed E-state index contributed by atoms with van der Waals surface area (Å²) in [7, 11) is 1.95. The molecule has 1 atom stereocenters. The summed E-state index contributed by atoms with van der Waals surface area (Å²) < 4.78 is 1.89. The van der Waals surface area contributed by atoms with Crippen molar-refractivity contribution in [3.05, 3.63) is 29.1 Å². The van der Waals surface area contributed by atoms with Gasteiger partial charge in [0.05, 0.1) is 16.4 Å². The van der Waals surface area contributed by atoms with E-state index in [0.717, 1.165) is 29.4 Å². The molecule has 0 saturated heterocycles. The summed E-state index contributed by atoms with van der Waals surface area (Å²) >= 11 is 6.31. The lowest BCUT2D eigenvalue weighted by molar-refractivity contribution is 0.379. The molecular formula is C14H22ClN3. The maximum Gasteiger partial charge on any atom is 0.0847 e. The molecule has 0 spiro atoms. The first-order valence-corrected chi connectivity index (χ1v) is 6.88. The van der Waals surface area contributed by atoms with Crippen LogP contribution in [0.5, 0.6) is 0 Å². The molecule has 0 aromatic carbocycles. The van der Waals surface area contributed by atoms with E-state index in [0.29, 0.717) is 6.04 Å². The number of aromatic nitrogens is 2. The first-order chi connectivity index (χ1) is 8.45. The first kappa shape index (κ1) is 13.6. The molecule has 1 unspecified atom stereocenters. The Morgan fingerprint density at radius 2 is 2.28 bits per heavy atom. The summed E-state index contributed by atoms with van der Waals surface area (Å²) in [5.41, 5.74) is 2.01. The van der Waals surface area contributed by atoms with Crippen LogP contribution >= 0.6 is 11.6 Å². The van der Waals surface area contributed by atoms with Gasteiger partial charge in [-0.15, -0.1) is 6.58 Å². The number of hydrogen-bond acceptors (Lipinski definition) is 2. The standard InChI is InChI=1S/C14H22ClN3/c1-5-14(3,9-16-11-6-7-11)8-12-13(15)10(2)17-18(12)4/h5,11,16H,1,6-9H2,2-4H3. The Kier molecular flexibility index (Phi) is 3.83. The van der Waals surface area contributed by atoms with Crippen LogP contribution in [0.3, 0.4) is 0 Å². The summed E-state index contributed by atoms with van der Waals surface area (Å²) in [5.74, 6) is 0. The van der Waals surface area contributed by atoms with Gasteiger partial charge in [0.25, 0.3) is 0 Å². The third-order valence-electron chi connectivity index (χ3n) is 3.70. The average molecular weight is 268 g/mol. The summed E-state index contributed by atoms with van der Waals surface area (Å²) in [4.78, 5) is 0. The summed E-state index contributed by atoms with van der Waals surface area (Å²) in [6.07, 6.45) is 5.50. The molecule has 0 bridgehead atoms. The zero-order valence-electron chi connectivity index (χ0n) is 11.5. The monoisotopic (exact) mass is 267 g/mol. The lowest BCUT2D eigenvalue weighted by Gasteiger charge is -2.26. The zero-order chi connectivity index (χ0) is 13.3. The normalized spacial score (nSPS) is 18.7. The van der Waals surface area contributed by atoms with Crippen LogP contribution in [-0.4, -0.2) is 22.4 Å². The Bertz CT molecular complexity index is 448. The largest absolute Gasteiger partial charge is 0.313 e. The van der Waals surface area contributed by atoms with E-state index in [2.05, 4.69) is 23.9 Å². The Hall–Kier alpha value is -0.800. The van der Waals surface area contributed by atoms with Gasteiger partial charge in [-0.1, -0.05) is 24.6 Å². The van der Waals surface area contributed by atoms with Crippen molar-refractivity contribution >= 4 is 11.6 Å². The van der Waals surface area contributed by atoms with E-state index in [-0.39, 0.29) is 5.41 Å². The molecule has 0 amide bonds. The van der Waals surface area contributed by atoms with Crippen molar-refractivity contribution in [2.24, 2.45) is 12.5 Å². The van der Waals surface area contributed by atoms with Gasteiger partial charge < -0.3 is 5.32 Å². The van der Waals surface area contributed by atoms with Gasteiger partial charge >= 0.3 is 0 Å². The first-order valence-electron chi connectivity index (χ1n) is 6.50. The smallest absolute Gasteiger partial charge is 0.0847 e. The predicted octanol–water partition coefficient (Wildman–Crippen LogP) is 2.87. The Labute approximate surface area is 114 Å². The van der Waals surface area contributed by atoms with E-state index in [9.17, 15) is 0 Å². The Morgan fingerprint density at radius 3 is 2.72 bits per heavy atom. The highest BCUT2D eigenvalue weighted by molar-refractivity contribution is 6.31. The number of hydrogen-bond donors (Lipinski definition) is 1. The lowest BCUT2D eigenvalue weighted by atomic mass is 9.85. The van der Waals surface area contributed by atoms with Crippen LogP contribution in [0.4, 0.5) is 0 Å². The van der Waals surface area contributed by atoms with Gasteiger partial charge in [0.15, 0.2) is 0 Å². The van der Waals surface area contributed by atoms with Crippen molar-refractivity contribution < 1.29 is 0 Å². The Balaban J connectivity index is 2.10. The van der Waals surface area contributed by atoms with Crippen LogP contribution in [0.1, 0.15) is 31.2 Å². The second-order valence-electron chi connectivity index (χ2n) is 5.66. The van der Waals surface area contributed by atoms with Gasteiger partial charge in [0.1, 0.15) is 0 Å². The van der Waals surface area contributed by atoms with Crippen molar-refractivity contribution in [2.75, 3.05) is 6.54 Å². The molecule has 1 fully saturated rings. The highest BCUT2D eigenvalue weighted by atomic mass is 35.5. The van der Waals surface area contributed by atoms with E-state index in [1.165, 1.54) is 12.8 Å². The summed E-state index contributed by atoms with van der Waals surface area (Å²) in [6.45, 7) is 9.09. The quantitative estimate of drug-likeness (QED) is 0.804. The third-order valence-corrected chi connectivity index (χ3v) is 4.19. The molecule has 18 heavy (non-hydrogen) atoms. The predicted molar refractivity (Wildman–Crippen MR) is 76.0 cm³/mol. The maximum absolute atomic E-state index is 6.31. The molecule has 1 aliphatic carbocycles. The fourth-order valence-electron chi connectivity index (χ4n) is 2.13. The van der Waals surface area contributed by atoms with E-state index in [1.54, 1.807) is 0 Å². The molecule has 2 rings (SSSR count). The molecule has 1 saturated carbocycles. The Morgan fingerprint density at radius 1 is 1.61 bits per heavy atom. The molecule has 4 heteroatoms. The lowest BCUT2D eigenvalue weighted by Crippen LogP contribution is -2.33. The number of nitrogens with one attached hydrogen (secondary N) is 1. The highest BCUT2D eigenvalue weighted by Gasteiger charge is 2.28. The van der Waals surface area contributed by atoms with Crippen molar-refractivity contribution in [1.29, 1.82) is 0 Å². The van der Waals surface area contributed by atoms with Crippen LogP contribution < -0.4 is 5.32 Å². The molecule has 1 heterocycles. The van der Waals surface area contributed by atoms with Crippen LogP contribution in [-0.2, 0) is 13.5 Å². The van der Waals surface area contributed by atoms with Gasteiger partial charge in [0.2, 0.25) is 0 Å². The minimum Gasteiger partial charge on any atom is -0.313 e. The van der Waals surface area contributed by atoms with Crippen molar-refractivity contribution in [3.8, 4) is 0 Å². The molecule has 1 N–H and O–H groups in total. The van der Waals surface area contributed by atoms with Crippen molar-refractivity contribution in [3.63, 3.8) is 0 Å². The van der Waals surface area contributed by atoms with Gasteiger partial charge in [-0.25, -0.2) is 0 Å². The van der Waals surface area contributed by atoms with Crippen LogP contribution in [0.2, 0.25) is 5.02 Å². The average Bonchev–Trinajstić information content (AvgIpc) is 3.13. The van der Waals surface area contributed by atoms with E-state index < -0.39 is 0 Å². The van der Waals surface area contributed by atoms with Gasteiger partial charge in [0, 0.05) is 31.5 Å². The summed E-state index contributed by atoms with van der Waals surface area (Å²) in [5, 5.41) is 8.73. The summed E-state index contributed by atoms with van der Waals surface area (Å²) in [6, 6.07) is 0.716. The van der Waals surface area contributed by atoms with Crippen LogP contribution in [0.25, 0.3) is 0 Å². The minimum atomic E-state index is 0.0203. The van der Waals surface area contributed by atoms with E-state index in [1.807, 2.05) is 24.7 Å². The maximum atomic E-state index is 6.31. The fraction of sp³-hybridized carbons (Fsp3) is 0.643. The molecule has 0 aliphatic heterocycles. The molecule has 1 aliphatic rings. The molecular weight excluding hydrogens is 246 g/mol. The van der Waals surface area contributed by atoms with E-state index >= 15 is 0 Å². The van der Waals surface area contributed by atoms with Crippen molar-refractivity contribution in [1.82, 2.24) is 15.1 Å². The second-order valence-corrected chi connectivity index (χ2v) is 6.04. The second kappa shape index (κ2) is 5.06. The van der Waals surface area contributed by atoms with Gasteiger partial charge in [-0.05, 0) is 19.8 Å². The van der Waals surface area contributed by atoms with Crippen LogP contribution in [0, 0.1) is 12.3 Å². The zero-order valence-corrected chi connectivity index (χ0v) is 12.2. The molecule has 100 valence electrons. The molecule has 3 nitrogen and oxygen atoms in total. The molecule has 1 aromatic rings.